The number of aromatic nitrogens is 1. The second-order valence-corrected chi connectivity index (χ2v) is 4.79. The van der Waals surface area contributed by atoms with Crippen LogP contribution < -0.4 is 4.74 Å². The van der Waals surface area contributed by atoms with E-state index in [0.717, 1.165) is 36.1 Å². The predicted octanol–water partition coefficient (Wildman–Crippen LogP) is 2.74. The van der Waals surface area contributed by atoms with E-state index < -0.39 is 0 Å². The summed E-state index contributed by atoms with van der Waals surface area (Å²) in [7, 11) is 0. The average Bonchev–Trinajstić information content (AvgIpc) is 3.08. The standard InChI is InChI=1S/C15H19NO3/c1-2-14(18-7-1)11-17-8-9-19-13-3-4-15-12(10-13)5-6-16-15/h3-6,10,14,16H,1-2,7-9,11H2. The monoisotopic (exact) mass is 261 g/mol. The summed E-state index contributed by atoms with van der Waals surface area (Å²) < 4.78 is 16.7. The van der Waals surface area contributed by atoms with Crippen LogP contribution in [0.15, 0.2) is 30.5 Å². The molecule has 0 amide bonds. The van der Waals surface area contributed by atoms with E-state index in [2.05, 4.69) is 4.98 Å². The zero-order valence-electron chi connectivity index (χ0n) is 10.9. The Morgan fingerprint density at radius 3 is 3.16 bits per heavy atom. The van der Waals surface area contributed by atoms with Crippen molar-refractivity contribution in [2.75, 3.05) is 26.4 Å². The van der Waals surface area contributed by atoms with E-state index >= 15 is 0 Å². The van der Waals surface area contributed by atoms with E-state index in [9.17, 15) is 0 Å². The normalized spacial score (nSPS) is 19.1. The first-order valence-electron chi connectivity index (χ1n) is 6.81. The molecule has 4 nitrogen and oxygen atoms in total. The van der Waals surface area contributed by atoms with Gasteiger partial charge in [-0.1, -0.05) is 0 Å². The van der Waals surface area contributed by atoms with Gasteiger partial charge >= 0.3 is 0 Å². The van der Waals surface area contributed by atoms with Crippen LogP contribution in [0.3, 0.4) is 0 Å². The Labute approximate surface area is 112 Å². The highest BCUT2D eigenvalue weighted by Gasteiger charge is 2.14. The van der Waals surface area contributed by atoms with Gasteiger partial charge in [0.2, 0.25) is 0 Å². The van der Waals surface area contributed by atoms with E-state index in [4.69, 9.17) is 14.2 Å². The molecule has 1 aromatic heterocycles. The average molecular weight is 261 g/mol. The molecule has 0 saturated carbocycles. The van der Waals surface area contributed by atoms with E-state index in [1.165, 1.54) is 0 Å². The van der Waals surface area contributed by atoms with Crippen molar-refractivity contribution in [3.63, 3.8) is 0 Å². The molecule has 1 atom stereocenters. The Hall–Kier alpha value is -1.52. The number of hydrogen-bond acceptors (Lipinski definition) is 3. The lowest BCUT2D eigenvalue weighted by Crippen LogP contribution is -2.17. The van der Waals surface area contributed by atoms with Gasteiger partial charge in [0.05, 0.1) is 19.3 Å². The molecule has 1 aromatic carbocycles. The summed E-state index contributed by atoms with van der Waals surface area (Å²) >= 11 is 0. The smallest absolute Gasteiger partial charge is 0.120 e. The van der Waals surface area contributed by atoms with Gasteiger partial charge in [0, 0.05) is 23.7 Å². The molecule has 1 aliphatic heterocycles. The van der Waals surface area contributed by atoms with Gasteiger partial charge in [-0.3, -0.25) is 0 Å². The number of fused-ring (bicyclic) bond motifs is 1. The molecule has 2 heterocycles. The first-order chi connectivity index (χ1) is 9.42. The molecular weight excluding hydrogens is 242 g/mol. The third-order valence-corrected chi connectivity index (χ3v) is 3.35. The summed E-state index contributed by atoms with van der Waals surface area (Å²) in [5.74, 6) is 0.882. The molecule has 3 rings (SSSR count). The Bertz CT molecular complexity index is 517. The van der Waals surface area contributed by atoms with E-state index in [-0.39, 0.29) is 6.10 Å². The Morgan fingerprint density at radius 2 is 2.26 bits per heavy atom. The van der Waals surface area contributed by atoms with Crippen molar-refractivity contribution in [2.45, 2.75) is 18.9 Å². The molecule has 0 aliphatic carbocycles. The maximum atomic E-state index is 5.67. The van der Waals surface area contributed by atoms with Crippen LogP contribution in [0.4, 0.5) is 0 Å². The fraction of sp³-hybridized carbons (Fsp3) is 0.467. The van der Waals surface area contributed by atoms with Crippen LogP contribution in [0.1, 0.15) is 12.8 Å². The SMILES string of the molecule is c1cc2cc(OCCOCC3CCCO3)ccc2[nH]1. The molecule has 1 unspecified atom stereocenters. The van der Waals surface area contributed by atoms with Crippen molar-refractivity contribution >= 4 is 10.9 Å². The fourth-order valence-corrected chi connectivity index (χ4v) is 2.33. The van der Waals surface area contributed by atoms with Gasteiger partial charge < -0.3 is 19.2 Å². The topological polar surface area (TPSA) is 43.5 Å². The molecule has 102 valence electrons. The van der Waals surface area contributed by atoms with Crippen molar-refractivity contribution in [3.8, 4) is 5.75 Å². The molecule has 1 N–H and O–H groups in total. The summed E-state index contributed by atoms with van der Waals surface area (Å²) in [6.45, 7) is 2.73. The van der Waals surface area contributed by atoms with Crippen molar-refractivity contribution in [1.82, 2.24) is 4.98 Å². The molecule has 0 bridgehead atoms. The Morgan fingerprint density at radius 1 is 1.26 bits per heavy atom. The van der Waals surface area contributed by atoms with Gasteiger partial charge in [-0.05, 0) is 37.1 Å². The zero-order chi connectivity index (χ0) is 12.9. The second-order valence-electron chi connectivity index (χ2n) is 4.79. The second kappa shape index (κ2) is 6.08. The lowest BCUT2D eigenvalue weighted by molar-refractivity contribution is 0.00854. The highest BCUT2D eigenvalue weighted by molar-refractivity contribution is 5.80. The number of hydrogen-bond donors (Lipinski definition) is 1. The summed E-state index contributed by atoms with van der Waals surface area (Å²) in [4.78, 5) is 3.16. The Balaban J connectivity index is 1.39. The molecule has 0 radical (unpaired) electrons. The van der Waals surface area contributed by atoms with Crippen molar-refractivity contribution in [3.05, 3.63) is 30.5 Å². The van der Waals surface area contributed by atoms with Crippen molar-refractivity contribution in [2.24, 2.45) is 0 Å². The van der Waals surface area contributed by atoms with Crippen molar-refractivity contribution in [1.29, 1.82) is 0 Å². The lowest BCUT2D eigenvalue weighted by atomic mass is 10.2. The number of nitrogens with one attached hydrogen (secondary N) is 1. The molecule has 1 aliphatic rings. The quantitative estimate of drug-likeness (QED) is 0.813. The highest BCUT2D eigenvalue weighted by atomic mass is 16.5. The zero-order valence-corrected chi connectivity index (χ0v) is 10.9. The molecule has 1 saturated heterocycles. The fourth-order valence-electron chi connectivity index (χ4n) is 2.33. The van der Waals surface area contributed by atoms with Gasteiger partial charge in [0.15, 0.2) is 0 Å². The lowest BCUT2D eigenvalue weighted by Gasteiger charge is -2.10. The van der Waals surface area contributed by atoms with Crippen molar-refractivity contribution < 1.29 is 14.2 Å². The van der Waals surface area contributed by atoms with Gasteiger partial charge in [-0.2, -0.15) is 0 Å². The predicted molar refractivity (Wildman–Crippen MR) is 73.6 cm³/mol. The maximum Gasteiger partial charge on any atom is 0.120 e. The van der Waals surface area contributed by atoms with Crippen LogP contribution in [-0.4, -0.2) is 37.5 Å². The number of rotatable bonds is 6. The van der Waals surface area contributed by atoms with E-state index in [0.29, 0.717) is 19.8 Å². The summed E-state index contributed by atoms with van der Waals surface area (Å²) in [5, 5.41) is 1.16. The van der Waals surface area contributed by atoms with Gasteiger partial charge in [-0.25, -0.2) is 0 Å². The molecule has 4 heteroatoms. The summed E-state index contributed by atoms with van der Waals surface area (Å²) in [6.07, 6.45) is 4.49. The van der Waals surface area contributed by atoms with E-state index in [1.54, 1.807) is 0 Å². The molecule has 2 aromatic rings. The maximum absolute atomic E-state index is 5.67. The minimum Gasteiger partial charge on any atom is -0.491 e. The van der Waals surface area contributed by atoms with Crippen LogP contribution >= 0.6 is 0 Å². The largest absolute Gasteiger partial charge is 0.491 e. The third-order valence-electron chi connectivity index (χ3n) is 3.35. The number of benzene rings is 1. The number of aromatic amines is 1. The molecule has 19 heavy (non-hydrogen) atoms. The van der Waals surface area contributed by atoms with E-state index in [1.807, 2.05) is 30.5 Å². The molecule has 1 fully saturated rings. The molecular formula is C15H19NO3. The van der Waals surface area contributed by atoms with Crippen LogP contribution in [-0.2, 0) is 9.47 Å². The first-order valence-corrected chi connectivity index (χ1v) is 6.81. The molecule has 0 spiro atoms. The van der Waals surface area contributed by atoms with Gasteiger partial charge in [0.1, 0.15) is 12.4 Å². The number of H-pyrrole nitrogens is 1. The minimum absolute atomic E-state index is 0.288. The van der Waals surface area contributed by atoms with Crippen LogP contribution in [0, 0.1) is 0 Å². The third kappa shape index (κ3) is 3.28. The van der Waals surface area contributed by atoms with Crippen LogP contribution in [0.5, 0.6) is 5.75 Å². The van der Waals surface area contributed by atoms with Crippen LogP contribution in [0.25, 0.3) is 10.9 Å². The van der Waals surface area contributed by atoms with Gasteiger partial charge in [-0.15, -0.1) is 0 Å². The minimum atomic E-state index is 0.288. The summed E-state index contributed by atoms with van der Waals surface area (Å²) in [6, 6.07) is 8.07. The van der Waals surface area contributed by atoms with Gasteiger partial charge in [0.25, 0.3) is 0 Å². The number of ether oxygens (including phenoxy) is 3. The first kappa shape index (κ1) is 12.5. The Kier molecular flexibility index (Phi) is 4.01. The summed E-state index contributed by atoms with van der Waals surface area (Å²) in [5.41, 5.74) is 1.13. The highest BCUT2D eigenvalue weighted by Crippen LogP contribution is 2.19. The van der Waals surface area contributed by atoms with Crippen LogP contribution in [0.2, 0.25) is 0 Å².